The summed E-state index contributed by atoms with van der Waals surface area (Å²) < 4.78 is 1.79. The number of carbonyl (C=O) groups excluding carboxylic acids is 2. The van der Waals surface area contributed by atoms with Gasteiger partial charge in [-0.15, -0.1) is 0 Å². The van der Waals surface area contributed by atoms with Crippen molar-refractivity contribution in [2.45, 2.75) is 25.4 Å². The molecule has 1 saturated heterocycles. The van der Waals surface area contributed by atoms with Gasteiger partial charge in [0.15, 0.2) is 0 Å². The molecule has 1 unspecified atom stereocenters. The highest BCUT2D eigenvalue weighted by atomic mass is 16.2. The molecular formula is C15H16N4O2. The van der Waals surface area contributed by atoms with Crippen LogP contribution in [-0.4, -0.2) is 27.6 Å². The predicted octanol–water partition coefficient (Wildman–Crippen LogP) is 0.767. The van der Waals surface area contributed by atoms with E-state index in [2.05, 4.69) is 15.7 Å². The van der Waals surface area contributed by atoms with Crippen LogP contribution in [0.15, 0.2) is 42.6 Å². The molecule has 0 aliphatic carbocycles. The van der Waals surface area contributed by atoms with Crippen molar-refractivity contribution in [2.75, 3.05) is 0 Å². The maximum Gasteiger partial charge on any atom is 0.243 e. The second-order valence-corrected chi connectivity index (χ2v) is 4.97. The average molecular weight is 284 g/mol. The SMILES string of the molecule is O=C1CCC(NCc2ccn(-c3ccccc3)n2)C(=O)N1. The molecule has 1 aliphatic rings. The topological polar surface area (TPSA) is 76.0 Å². The zero-order valence-corrected chi connectivity index (χ0v) is 11.5. The van der Waals surface area contributed by atoms with Crippen molar-refractivity contribution in [1.29, 1.82) is 0 Å². The minimum absolute atomic E-state index is 0.202. The van der Waals surface area contributed by atoms with E-state index < -0.39 is 0 Å². The van der Waals surface area contributed by atoms with E-state index in [1.54, 1.807) is 4.68 Å². The van der Waals surface area contributed by atoms with Gasteiger partial charge in [0.2, 0.25) is 11.8 Å². The van der Waals surface area contributed by atoms with E-state index in [-0.39, 0.29) is 17.9 Å². The zero-order chi connectivity index (χ0) is 14.7. The molecule has 3 rings (SSSR count). The van der Waals surface area contributed by atoms with Gasteiger partial charge in [-0.2, -0.15) is 5.10 Å². The normalized spacial score (nSPS) is 18.6. The Morgan fingerprint density at radius 3 is 2.81 bits per heavy atom. The Hall–Kier alpha value is -2.47. The molecule has 0 saturated carbocycles. The third kappa shape index (κ3) is 3.17. The summed E-state index contributed by atoms with van der Waals surface area (Å²) in [5.41, 5.74) is 1.84. The van der Waals surface area contributed by atoms with Crippen LogP contribution in [-0.2, 0) is 16.1 Å². The quantitative estimate of drug-likeness (QED) is 0.813. The summed E-state index contributed by atoms with van der Waals surface area (Å²) in [4.78, 5) is 22.7. The van der Waals surface area contributed by atoms with Gasteiger partial charge in [-0.05, 0) is 24.6 Å². The Balaban J connectivity index is 1.60. The summed E-state index contributed by atoms with van der Waals surface area (Å²) >= 11 is 0. The van der Waals surface area contributed by atoms with E-state index in [9.17, 15) is 9.59 Å². The number of nitrogens with one attached hydrogen (secondary N) is 2. The van der Waals surface area contributed by atoms with Gasteiger partial charge in [-0.3, -0.25) is 14.9 Å². The number of hydrogen-bond acceptors (Lipinski definition) is 4. The van der Waals surface area contributed by atoms with Crippen LogP contribution in [0, 0.1) is 0 Å². The minimum atomic E-state index is -0.329. The molecule has 2 N–H and O–H groups in total. The number of para-hydroxylation sites is 1. The molecule has 108 valence electrons. The van der Waals surface area contributed by atoms with Gasteiger partial charge in [0, 0.05) is 19.2 Å². The first kappa shape index (κ1) is 13.5. The average Bonchev–Trinajstić information content (AvgIpc) is 2.96. The monoisotopic (exact) mass is 284 g/mol. The number of rotatable bonds is 4. The van der Waals surface area contributed by atoms with Crippen LogP contribution < -0.4 is 10.6 Å². The van der Waals surface area contributed by atoms with Crippen LogP contribution in [0.3, 0.4) is 0 Å². The second kappa shape index (κ2) is 5.88. The molecule has 1 aromatic carbocycles. The minimum Gasteiger partial charge on any atom is -0.300 e. The lowest BCUT2D eigenvalue weighted by Crippen LogP contribution is -2.50. The van der Waals surface area contributed by atoms with Crippen LogP contribution in [0.2, 0.25) is 0 Å². The van der Waals surface area contributed by atoms with Crippen LogP contribution in [0.5, 0.6) is 0 Å². The Morgan fingerprint density at radius 1 is 1.24 bits per heavy atom. The molecule has 1 atom stereocenters. The van der Waals surface area contributed by atoms with Crippen LogP contribution in [0.4, 0.5) is 0 Å². The second-order valence-electron chi connectivity index (χ2n) is 4.97. The molecule has 1 aromatic heterocycles. The molecular weight excluding hydrogens is 268 g/mol. The predicted molar refractivity (Wildman–Crippen MR) is 76.6 cm³/mol. The van der Waals surface area contributed by atoms with Crippen LogP contribution >= 0.6 is 0 Å². The van der Waals surface area contributed by atoms with E-state index in [1.165, 1.54) is 0 Å². The summed E-state index contributed by atoms with van der Waals surface area (Å²) in [5.74, 6) is -0.458. The van der Waals surface area contributed by atoms with E-state index in [0.29, 0.717) is 19.4 Å². The Bertz CT molecular complexity index is 651. The first-order valence-electron chi connectivity index (χ1n) is 6.89. The molecule has 6 nitrogen and oxygen atoms in total. The van der Waals surface area contributed by atoms with Gasteiger partial charge in [0.05, 0.1) is 17.4 Å². The smallest absolute Gasteiger partial charge is 0.243 e. The third-order valence-electron chi connectivity index (χ3n) is 3.43. The van der Waals surface area contributed by atoms with Crippen molar-refractivity contribution < 1.29 is 9.59 Å². The van der Waals surface area contributed by atoms with Crippen molar-refractivity contribution in [3.63, 3.8) is 0 Å². The van der Waals surface area contributed by atoms with Gasteiger partial charge in [0.25, 0.3) is 0 Å². The van der Waals surface area contributed by atoms with Gasteiger partial charge in [-0.25, -0.2) is 4.68 Å². The number of piperidine rings is 1. The fraction of sp³-hybridized carbons (Fsp3) is 0.267. The fourth-order valence-corrected chi connectivity index (χ4v) is 2.30. The summed E-state index contributed by atoms with van der Waals surface area (Å²) in [7, 11) is 0. The first-order chi connectivity index (χ1) is 10.2. The number of nitrogens with zero attached hydrogens (tertiary/aromatic N) is 2. The largest absolute Gasteiger partial charge is 0.300 e. The van der Waals surface area contributed by atoms with Crippen molar-refractivity contribution in [1.82, 2.24) is 20.4 Å². The number of aromatic nitrogens is 2. The van der Waals surface area contributed by atoms with Crippen molar-refractivity contribution >= 4 is 11.8 Å². The Labute approximate surface area is 122 Å². The standard InChI is InChI=1S/C15H16N4O2/c20-14-7-6-13(15(21)17-14)16-10-11-8-9-19(18-11)12-4-2-1-3-5-12/h1-5,8-9,13,16H,6-7,10H2,(H,17,20,21). The molecule has 0 spiro atoms. The van der Waals surface area contributed by atoms with Crippen LogP contribution in [0.1, 0.15) is 18.5 Å². The molecule has 0 bridgehead atoms. The van der Waals surface area contributed by atoms with Gasteiger partial charge in [0.1, 0.15) is 0 Å². The number of benzene rings is 1. The number of amides is 2. The molecule has 1 fully saturated rings. The lowest BCUT2D eigenvalue weighted by atomic mass is 10.1. The number of hydrogen-bond donors (Lipinski definition) is 2. The van der Waals surface area contributed by atoms with E-state index in [4.69, 9.17) is 0 Å². The van der Waals surface area contributed by atoms with E-state index in [1.807, 2.05) is 42.6 Å². The Kier molecular flexibility index (Phi) is 3.79. The molecule has 2 amide bonds. The highest BCUT2D eigenvalue weighted by Gasteiger charge is 2.25. The van der Waals surface area contributed by atoms with Crippen LogP contribution in [0.25, 0.3) is 5.69 Å². The fourth-order valence-electron chi connectivity index (χ4n) is 2.30. The number of imide groups is 1. The molecule has 2 aromatic rings. The van der Waals surface area contributed by atoms with Crippen molar-refractivity contribution in [3.05, 3.63) is 48.3 Å². The van der Waals surface area contributed by atoms with Gasteiger partial charge < -0.3 is 5.32 Å². The third-order valence-corrected chi connectivity index (χ3v) is 3.43. The molecule has 1 aliphatic heterocycles. The molecule has 0 radical (unpaired) electrons. The zero-order valence-electron chi connectivity index (χ0n) is 11.5. The summed E-state index contributed by atoms with van der Waals surface area (Å²) in [6.45, 7) is 0.492. The number of carbonyl (C=O) groups is 2. The maximum atomic E-state index is 11.6. The Morgan fingerprint density at radius 2 is 2.05 bits per heavy atom. The first-order valence-corrected chi connectivity index (χ1v) is 6.89. The lowest BCUT2D eigenvalue weighted by Gasteiger charge is -2.21. The summed E-state index contributed by atoms with van der Waals surface area (Å²) in [6, 6.07) is 11.4. The molecule has 6 heteroatoms. The lowest BCUT2D eigenvalue weighted by molar-refractivity contribution is -0.134. The van der Waals surface area contributed by atoms with Gasteiger partial charge in [-0.1, -0.05) is 18.2 Å². The van der Waals surface area contributed by atoms with E-state index in [0.717, 1.165) is 11.4 Å². The molecule has 2 heterocycles. The van der Waals surface area contributed by atoms with Crippen molar-refractivity contribution in [3.8, 4) is 5.69 Å². The summed E-state index contributed by atoms with van der Waals surface area (Å²) in [6.07, 6.45) is 2.79. The summed E-state index contributed by atoms with van der Waals surface area (Å²) in [5, 5.41) is 9.92. The van der Waals surface area contributed by atoms with Crippen molar-refractivity contribution in [2.24, 2.45) is 0 Å². The highest BCUT2D eigenvalue weighted by molar-refractivity contribution is 6.00. The highest BCUT2D eigenvalue weighted by Crippen LogP contribution is 2.08. The van der Waals surface area contributed by atoms with Gasteiger partial charge >= 0.3 is 0 Å². The molecule has 21 heavy (non-hydrogen) atoms. The van der Waals surface area contributed by atoms with E-state index >= 15 is 0 Å². The maximum absolute atomic E-state index is 11.6.